The highest BCUT2D eigenvalue weighted by molar-refractivity contribution is 5.69. The molecule has 1 aliphatic rings. The third kappa shape index (κ3) is 11.0. The highest BCUT2D eigenvalue weighted by Crippen LogP contribution is 2.31. The quantitative estimate of drug-likeness (QED) is 0.252. The second kappa shape index (κ2) is 13.7. The minimum atomic E-state index is -0.132. The SMILES string of the molecule is CCCCCCC1OC1CCCCCCCC(=O)OCC(C)CO. The lowest BCUT2D eigenvalue weighted by atomic mass is 10.0. The van der Waals surface area contributed by atoms with Crippen LogP contribution in [0.5, 0.6) is 0 Å². The van der Waals surface area contributed by atoms with Gasteiger partial charge in [0.05, 0.1) is 18.8 Å². The number of hydrogen-bond donors (Lipinski definition) is 1. The molecule has 24 heavy (non-hydrogen) atoms. The summed E-state index contributed by atoms with van der Waals surface area (Å²) in [7, 11) is 0. The Kier molecular flexibility index (Phi) is 12.2. The van der Waals surface area contributed by atoms with Crippen molar-refractivity contribution in [1.82, 2.24) is 0 Å². The van der Waals surface area contributed by atoms with Gasteiger partial charge in [-0.2, -0.15) is 0 Å². The van der Waals surface area contributed by atoms with Gasteiger partial charge in [-0.15, -0.1) is 0 Å². The topological polar surface area (TPSA) is 59.1 Å². The Balaban J connectivity index is 1.81. The molecule has 0 aromatic heterocycles. The van der Waals surface area contributed by atoms with E-state index in [4.69, 9.17) is 14.6 Å². The van der Waals surface area contributed by atoms with Crippen LogP contribution in [0.25, 0.3) is 0 Å². The first-order valence-electron chi connectivity index (χ1n) is 10.1. The lowest BCUT2D eigenvalue weighted by Crippen LogP contribution is -2.14. The summed E-state index contributed by atoms with van der Waals surface area (Å²) in [4.78, 5) is 11.5. The first-order valence-corrected chi connectivity index (χ1v) is 10.1. The van der Waals surface area contributed by atoms with Crippen molar-refractivity contribution in [2.75, 3.05) is 13.2 Å². The number of carbonyl (C=O) groups is 1. The highest BCUT2D eigenvalue weighted by Gasteiger charge is 2.36. The first-order chi connectivity index (χ1) is 11.7. The second-order valence-corrected chi connectivity index (χ2v) is 7.34. The number of aliphatic hydroxyl groups is 1. The van der Waals surface area contributed by atoms with Crippen LogP contribution in [0.2, 0.25) is 0 Å². The average molecular weight is 343 g/mol. The predicted molar refractivity (Wildman–Crippen MR) is 96.9 cm³/mol. The van der Waals surface area contributed by atoms with Gasteiger partial charge in [0.15, 0.2) is 0 Å². The maximum atomic E-state index is 11.5. The Morgan fingerprint density at radius 1 is 1.00 bits per heavy atom. The van der Waals surface area contributed by atoms with Gasteiger partial charge in [-0.3, -0.25) is 4.79 Å². The molecular formula is C20H38O4. The van der Waals surface area contributed by atoms with Crippen LogP contribution in [0.3, 0.4) is 0 Å². The van der Waals surface area contributed by atoms with Crippen LogP contribution in [0.1, 0.15) is 90.9 Å². The van der Waals surface area contributed by atoms with Crippen molar-refractivity contribution in [3.63, 3.8) is 0 Å². The van der Waals surface area contributed by atoms with Crippen molar-refractivity contribution in [2.24, 2.45) is 5.92 Å². The van der Waals surface area contributed by atoms with Crippen LogP contribution in [-0.2, 0) is 14.3 Å². The minimum absolute atomic E-state index is 0.0362. The molecule has 1 fully saturated rings. The number of ether oxygens (including phenoxy) is 2. The number of hydrogen-bond acceptors (Lipinski definition) is 4. The fourth-order valence-corrected chi connectivity index (χ4v) is 2.96. The zero-order valence-electron chi connectivity index (χ0n) is 15.8. The summed E-state index contributed by atoms with van der Waals surface area (Å²) >= 11 is 0. The average Bonchev–Trinajstić information content (AvgIpc) is 3.34. The zero-order chi connectivity index (χ0) is 17.6. The van der Waals surface area contributed by atoms with Crippen LogP contribution in [0.4, 0.5) is 0 Å². The van der Waals surface area contributed by atoms with Crippen molar-refractivity contribution in [3.05, 3.63) is 0 Å². The lowest BCUT2D eigenvalue weighted by Gasteiger charge is -2.08. The van der Waals surface area contributed by atoms with Crippen LogP contribution < -0.4 is 0 Å². The lowest BCUT2D eigenvalue weighted by molar-refractivity contribution is -0.145. The molecule has 142 valence electrons. The normalized spacial score (nSPS) is 20.8. The van der Waals surface area contributed by atoms with E-state index in [9.17, 15) is 4.79 Å². The van der Waals surface area contributed by atoms with E-state index >= 15 is 0 Å². The van der Waals surface area contributed by atoms with Gasteiger partial charge in [0.25, 0.3) is 0 Å². The van der Waals surface area contributed by atoms with Crippen LogP contribution in [0, 0.1) is 5.92 Å². The summed E-state index contributed by atoms with van der Waals surface area (Å²) in [6.07, 6.45) is 15.1. The van der Waals surface area contributed by atoms with Gasteiger partial charge in [0.1, 0.15) is 0 Å². The molecular weight excluding hydrogens is 304 g/mol. The van der Waals surface area contributed by atoms with Gasteiger partial charge < -0.3 is 14.6 Å². The molecule has 0 bridgehead atoms. The molecule has 0 aromatic carbocycles. The summed E-state index contributed by atoms with van der Waals surface area (Å²) in [6.45, 7) is 4.51. The van der Waals surface area contributed by atoms with E-state index in [1.807, 2.05) is 6.92 Å². The first kappa shape index (κ1) is 21.4. The van der Waals surface area contributed by atoms with Crippen molar-refractivity contribution < 1.29 is 19.4 Å². The molecule has 0 spiro atoms. The molecule has 3 atom stereocenters. The Morgan fingerprint density at radius 2 is 1.58 bits per heavy atom. The number of aliphatic hydroxyl groups excluding tert-OH is 1. The van der Waals surface area contributed by atoms with Crippen LogP contribution in [0.15, 0.2) is 0 Å². The van der Waals surface area contributed by atoms with E-state index in [1.165, 1.54) is 57.8 Å². The summed E-state index contributed by atoms with van der Waals surface area (Å²) in [5.74, 6) is -0.0957. The van der Waals surface area contributed by atoms with Gasteiger partial charge in [0.2, 0.25) is 0 Å². The molecule has 0 amide bonds. The van der Waals surface area contributed by atoms with Gasteiger partial charge in [-0.25, -0.2) is 0 Å². The largest absolute Gasteiger partial charge is 0.465 e. The van der Waals surface area contributed by atoms with E-state index < -0.39 is 0 Å². The molecule has 1 heterocycles. The monoisotopic (exact) mass is 342 g/mol. The maximum absolute atomic E-state index is 11.5. The standard InChI is InChI=1S/C20H38O4/c1-3-4-5-9-12-18-19(24-18)13-10-7-6-8-11-14-20(22)23-16-17(2)15-21/h17-19,21H,3-16H2,1-2H3. The number of unbranched alkanes of at least 4 members (excludes halogenated alkanes) is 7. The summed E-state index contributed by atoms with van der Waals surface area (Å²) in [5.41, 5.74) is 0. The number of epoxide rings is 1. The van der Waals surface area contributed by atoms with Crippen molar-refractivity contribution in [2.45, 2.75) is 103 Å². The number of esters is 1. The van der Waals surface area contributed by atoms with Crippen molar-refractivity contribution >= 4 is 5.97 Å². The number of carbonyl (C=O) groups excluding carboxylic acids is 1. The smallest absolute Gasteiger partial charge is 0.305 e. The Bertz CT molecular complexity index is 319. The van der Waals surface area contributed by atoms with Gasteiger partial charge in [-0.05, 0) is 19.3 Å². The van der Waals surface area contributed by atoms with E-state index in [2.05, 4.69) is 6.92 Å². The Labute approximate surface area is 148 Å². The summed E-state index contributed by atoms with van der Waals surface area (Å²) in [5, 5.41) is 8.87. The van der Waals surface area contributed by atoms with Crippen molar-refractivity contribution in [1.29, 1.82) is 0 Å². The molecule has 1 rings (SSSR count). The Morgan fingerprint density at radius 3 is 2.21 bits per heavy atom. The molecule has 4 heteroatoms. The van der Waals surface area contributed by atoms with Gasteiger partial charge >= 0.3 is 5.97 Å². The molecule has 0 aliphatic carbocycles. The van der Waals surface area contributed by atoms with E-state index in [-0.39, 0.29) is 18.5 Å². The molecule has 0 radical (unpaired) electrons. The third-order valence-electron chi connectivity index (χ3n) is 4.74. The maximum Gasteiger partial charge on any atom is 0.305 e. The second-order valence-electron chi connectivity index (χ2n) is 7.34. The Hall–Kier alpha value is -0.610. The van der Waals surface area contributed by atoms with Crippen LogP contribution in [-0.4, -0.2) is 36.5 Å². The van der Waals surface area contributed by atoms with E-state index in [0.717, 1.165) is 12.8 Å². The highest BCUT2D eigenvalue weighted by atomic mass is 16.6. The molecule has 1 aliphatic heterocycles. The molecule has 0 aromatic rings. The fourth-order valence-electron chi connectivity index (χ4n) is 2.96. The van der Waals surface area contributed by atoms with Gasteiger partial charge in [-0.1, -0.05) is 65.2 Å². The predicted octanol–water partition coefficient (Wildman–Crippen LogP) is 4.63. The van der Waals surface area contributed by atoms with E-state index in [1.54, 1.807) is 0 Å². The molecule has 1 N–H and O–H groups in total. The summed E-state index contributed by atoms with van der Waals surface area (Å²) in [6, 6.07) is 0. The summed E-state index contributed by atoms with van der Waals surface area (Å²) < 4.78 is 10.8. The molecule has 3 unspecified atom stereocenters. The fraction of sp³-hybridized carbons (Fsp3) is 0.950. The molecule has 1 saturated heterocycles. The van der Waals surface area contributed by atoms with Crippen LogP contribution >= 0.6 is 0 Å². The number of rotatable bonds is 16. The minimum Gasteiger partial charge on any atom is -0.465 e. The van der Waals surface area contributed by atoms with Gasteiger partial charge in [0, 0.05) is 18.9 Å². The third-order valence-corrected chi connectivity index (χ3v) is 4.74. The van der Waals surface area contributed by atoms with E-state index in [0.29, 0.717) is 25.2 Å². The molecule has 0 saturated carbocycles. The zero-order valence-corrected chi connectivity index (χ0v) is 15.8. The van der Waals surface area contributed by atoms with Crippen molar-refractivity contribution in [3.8, 4) is 0 Å². The molecule has 4 nitrogen and oxygen atoms in total.